The van der Waals surface area contributed by atoms with Gasteiger partial charge in [-0.15, -0.1) is 0 Å². The topological polar surface area (TPSA) is 43.4 Å². The monoisotopic (exact) mass is 270 g/mol. The van der Waals surface area contributed by atoms with Crippen molar-refractivity contribution >= 4 is 22.5 Å². The highest BCUT2D eigenvalue weighted by Crippen LogP contribution is 2.25. The van der Waals surface area contributed by atoms with E-state index < -0.39 is 0 Å². The number of fused-ring (bicyclic) bond motifs is 1. The number of methoxy groups -OCH3 is 1. The van der Waals surface area contributed by atoms with Crippen LogP contribution in [0.3, 0.4) is 0 Å². The fourth-order valence-corrected chi connectivity index (χ4v) is 2.28. The highest BCUT2D eigenvalue weighted by molar-refractivity contribution is 6.09. The molecule has 0 bridgehead atoms. The van der Waals surface area contributed by atoms with Gasteiger partial charge in [0.15, 0.2) is 5.78 Å². The second-order valence-corrected chi connectivity index (χ2v) is 5.09. The van der Waals surface area contributed by atoms with Gasteiger partial charge in [-0.05, 0) is 16.3 Å². The lowest BCUT2D eigenvalue weighted by Crippen LogP contribution is -2.09. The van der Waals surface area contributed by atoms with E-state index in [1.54, 1.807) is 0 Å². The van der Waals surface area contributed by atoms with Gasteiger partial charge < -0.3 is 4.74 Å². The maximum Gasteiger partial charge on any atom is 0.309 e. The van der Waals surface area contributed by atoms with Gasteiger partial charge in [0, 0.05) is 11.5 Å². The number of hydrogen-bond donors (Lipinski definition) is 0. The van der Waals surface area contributed by atoms with E-state index in [1.807, 2.05) is 50.2 Å². The van der Waals surface area contributed by atoms with E-state index in [2.05, 4.69) is 0 Å². The van der Waals surface area contributed by atoms with E-state index in [0.29, 0.717) is 5.56 Å². The van der Waals surface area contributed by atoms with Gasteiger partial charge in [0.25, 0.3) is 0 Å². The summed E-state index contributed by atoms with van der Waals surface area (Å²) in [5.41, 5.74) is 1.59. The van der Waals surface area contributed by atoms with Gasteiger partial charge in [-0.1, -0.05) is 50.2 Å². The van der Waals surface area contributed by atoms with Gasteiger partial charge in [0.1, 0.15) is 0 Å². The summed E-state index contributed by atoms with van der Waals surface area (Å²) >= 11 is 0. The molecule has 0 unspecified atom stereocenters. The lowest BCUT2D eigenvalue weighted by molar-refractivity contribution is -0.139. The predicted octanol–water partition coefficient (Wildman–Crippen LogP) is 3.39. The molecule has 2 aromatic carbocycles. The first-order chi connectivity index (χ1) is 9.54. The molecule has 0 spiro atoms. The number of ether oxygens (including phenoxy) is 1. The molecule has 0 aliphatic rings. The van der Waals surface area contributed by atoms with Gasteiger partial charge in [-0.3, -0.25) is 9.59 Å². The second kappa shape index (κ2) is 5.87. The molecule has 3 nitrogen and oxygen atoms in total. The molecule has 0 heterocycles. The first-order valence-corrected chi connectivity index (χ1v) is 6.66. The van der Waals surface area contributed by atoms with Crippen LogP contribution in [0.2, 0.25) is 0 Å². The standard InChI is InChI=1S/C17H18O3/c1-11(2)17(19)15-9-5-7-13-12(10-16(18)20-3)6-4-8-14(13)15/h4-9,11H,10H2,1-3H3. The van der Waals surface area contributed by atoms with Gasteiger partial charge in [0.2, 0.25) is 0 Å². The molecule has 0 aromatic heterocycles. The smallest absolute Gasteiger partial charge is 0.309 e. The Morgan fingerprint density at radius 1 is 1.05 bits per heavy atom. The maximum absolute atomic E-state index is 12.3. The molecular formula is C17H18O3. The van der Waals surface area contributed by atoms with Crippen molar-refractivity contribution in [3.8, 4) is 0 Å². The van der Waals surface area contributed by atoms with Crippen LogP contribution in [0.15, 0.2) is 36.4 Å². The van der Waals surface area contributed by atoms with Crippen LogP contribution in [0.1, 0.15) is 29.8 Å². The van der Waals surface area contributed by atoms with Crippen molar-refractivity contribution in [3.63, 3.8) is 0 Å². The van der Waals surface area contributed by atoms with Crippen LogP contribution in [-0.2, 0) is 16.0 Å². The minimum absolute atomic E-state index is 0.0511. The predicted molar refractivity (Wildman–Crippen MR) is 78.8 cm³/mol. The maximum atomic E-state index is 12.3. The third-order valence-corrected chi connectivity index (χ3v) is 3.36. The molecule has 0 N–H and O–H groups in total. The molecule has 0 saturated carbocycles. The van der Waals surface area contributed by atoms with Crippen LogP contribution in [-0.4, -0.2) is 18.9 Å². The van der Waals surface area contributed by atoms with Crippen molar-refractivity contribution in [3.05, 3.63) is 47.5 Å². The Hall–Kier alpha value is -2.16. The average molecular weight is 270 g/mol. The van der Waals surface area contributed by atoms with Gasteiger partial charge in [-0.2, -0.15) is 0 Å². The summed E-state index contributed by atoms with van der Waals surface area (Å²) in [5.74, 6) is -0.214. The summed E-state index contributed by atoms with van der Waals surface area (Å²) in [4.78, 5) is 23.7. The highest BCUT2D eigenvalue weighted by Gasteiger charge is 2.15. The Morgan fingerprint density at radius 3 is 2.35 bits per heavy atom. The largest absolute Gasteiger partial charge is 0.469 e. The molecule has 0 fully saturated rings. The lowest BCUT2D eigenvalue weighted by Gasteiger charge is -2.11. The fourth-order valence-electron chi connectivity index (χ4n) is 2.28. The molecular weight excluding hydrogens is 252 g/mol. The Labute approximate surface area is 118 Å². The molecule has 0 radical (unpaired) electrons. The van der Waals surface area contributed by atoms with E-state index in [9.17, 15) is 9.59 Å². The van der Waals surface area contributed by atoms with E-state index in [0.717, 1.165) is 16.3 Å². The van der Waals surface area contributed by atoms with E-state index in [-0.39, 0.29) is 24.1 Å². The van der Waals surface area contributed by atoms with E-state index >= 15 is 0 Å². The molecule has 0 saturated heterocycles. The minimum atomic E-state index is -0.280. The molecule has 3 heteroatoms. The summed E-state index contributed by atoms with van der Waals surface area (Å²) in [5, 5.41) is 1.83. The SMILES string of the molecule is COC(=O)Cc1cccc2c(C(=O)C(C)C)cccc12. The number of carbonyl (C=O) groups excluding carboxylic acids is 2. The highest BCUT2D eigenvalue weighted by atomic mass is 16.5. The number of esters is 1. The summed E-state index contributed by atoms with van der Waals surface area (Å²) in [6.45, 7) is 3.78. The third-order valence-electron chi connectivity index (χ3n) is 3.36. The zero-order valence-electron chi connectivity index (χ0n) is 12.0. The molecule has 0 atom stereocenters. The van der Waals surface area contributed by atoms with Gasteiger partial charge >= 0.3 is 5.97 Å². The van der Waals surface area contributed by atoms with Crippen molar-refractivity contribution in [2.24, 2.45) is 5.92 Å². The number of ketones is 1. The molecule has 104 valence electrons. The number of rotatable bonds is 4. The molecule has 0 aliphatic carbocycles. The Balaban J connectivity index is 2.57. The molecule has 0 amide bonds. The quantitative estimate of drug-likeness (QED) is 0.631. The third kappa shape index (κ3) is 2.72. The second-order valence-electron chi connectivity index (χ2n) is 5.09. The number of benzene rings is 2. The van der Waals surface area contributed by atoms with Crippen molar-refractivity contribution in [2.45, 2.75) is 20.3 Å². The minimum Gasteiger partial charge on any atom is -0.469 e. The Kier molecular flexibility index (Phi) is 4.18. The van der Waals surface area contributed by atoms with Gasteiger partial charge in [-0.25, -0.2) is 0 Å². The first-order valence-electron chi connectivity index (χ1n) is 6.66. The van der Waals surface area contributed by atoms with E-state index in [1.165, 1.54) is 7.11 Å². The summed E-state index contributed by atoms with van der Waals surface area (Å²) < 4.78 is 4.71. The van der Waals surface area contributed by atoms with Crippen molar-refractivity contribution in [1.29, 1.82) is 0 Å². The van der Waals surface area contributed by atoms with Crippen molar-refractivity contribution in [2.75, 3.05) is 7.11 Å². The number of Topliss-reactive ketones (excluding diaryl/α,β-unsaturated/α-hetero) is 1. The first kappa shape index (κ1) is 14.3. The number of hydrogen-bond acceptors (Lipinski definition) is 3. The van der Waals surface area contributed by atoms with Gasteiger partial charge in [0.05, 0.1) is 13.5 Å². The van der Waals surface area contributed by atoms with Crippen molar-refractivity contribution in [1.82, 2.24) is 0 Å². The van der Waals surface area contributed by atoms with Crippen LogP contribution in [0.4, 0.5) is 0 Å². The normalized spacial score (nSPS) is 10.8. The molecule has 0 aliphatic heterocycles. The lowest BCUT2D eigenvalue weighted by atomic mass is 9.93. The summed E-state index contributed by atoms with van der Waals surface area (Å²) in [6, 6.07) is 11.3. The van der Waals surface area contributed by atoms with Crippen LogP contribution in [0, 0.1) is 5.92 Å². The number of carbonyl (C=O) groups is 2. The fraction of sp³-hybridized carbons (Fsp3) is 0.294. The molecule has 20 heavy (non-hydrogen) atoms. The van der Waals surface area contributed by atoms with Crippen LogP contribution in [0.25, 0.3) is 10.8 Å². The van der Waals surface area contributed by atoms with Crippen LogP contribution >= 0.6 is 0 Å². The van der Waals surface area contributed by atoms with Crippen LogP contribution in [0.5, 0.6) is 0 Å². The summed E-state index contributed by atoms with van der Waals surface area (Å²) in [7, 11) is 1.38. The average Bonchev–Trinajstić information content (AvgIpc) is 2.46. The zero-order valence-corrected chi connectivity index (χ0v) is 12.0. The zero-order chi connectivity index (χ0) is 14.7. The molecule has 2 aromatic rings. The van der Waals surface area contributed by atoms with Crippen molar-refractivity contribution < 1.29 is 14.3 Å². The van der Waals surface area contributed by atoms with Crippen LogP contribution < -0.4 is 0 Å². The Bertz CT molecular complexity index is 656. The molecule has 2 rings (SSSR count). The Morgan fingerprint density at radius 2 is 1.70 bits per heavy atom. The van der Waals surface area contributed by atoms with E-state index in [4.69, 9.17) is 4.74 Å². The summed E-state index contributed by atoms with van der Waals surface area (Å²) in [6.07, 6.45) is 0.215.